The third-order valence-electron chi connectivity index (χ3n) is 4.49. The number of carboxylic acid groups (broad SMARTS) is 1. The summed E-state index contributed by atoms with van der Waals surface area (Å²) in [5.41, 5.74) is 4.71. The predicted octanol–water partition coefficient (Wildman–Crippen LogP) is 5.22. The zero-order chi connectivity index (χ0) is 20.9. The molecule has 0 unspecified atom stereocenters. The SMILES string of the molecule is O=C(O)Cc1cn(-c2ccccc2)nc1-c1ccc(C#Cc2cccc(Cl)c2)cc1. The summed E-state index contributed by atoms with van der Waals surface area (Å²) in [6, 6.07) is 24.6. The number of hydrogen-bond donors (Lipinski definition) is 1. The first-order valence-electron chi connectivity index (χ1n) is 9.32. The van der Waals surface area contributed by atoms with Crippen LogP contribution in [-0.4, -0.2) is 20.9 Å². The second-order valence-electron chi connectivity index (χ2n) is 6.69. The average molecular weight is 413 g/mol. The van der Waals surface area contributed by atoms with Crippen molar-refractivity contribution >= 4 is 17.6 Å². The van der Waals surface area contributed by atoms with Crippen LogP contribution in [0.15, 0.2) is 85.1 Å². The quantitative estimate of drug-likeness (QED) is 0.467. The fraction of sp³-hybridized carbons (Fsp3) is 0.0400. The van der Waals surface area contributed by atoms with Gasteiger partial charge in [-0.05, 0) is 42.5 Å². The van der Waals surface area contributed by atoms with Crippen LogP contribution in [0, 0.1) is 11.8 Å². The summed E-state index contributed by atoms with van der Waals surface area (Å²) in [6.45, 7) is 0. The predicted molar refractivity (Wildman–Crippen MR) is 118 cm³/mol. The van der Waals surface area contributed by atoms with Crippen molar-refractivity contribution in [3.05, 3.63) is 107 Å². The van der Waals surface area contributed by atoms with Gasteiger partial charge in [0.15, 0.2) is 0 Å². The molecule has 1 aromatic heterocycles. The third-order valence-corrected chi connectivity index (χ3v) is 4.72. The highest BCUT2D eigenvalue weighted by molar-refractivity contribution is 6.30. The second-order valence-corrected chi connectivity index (χ2v) is 7.13. The summed E-state index contributed by atoms with van der Waals surface area (Å²) in [7, 11) is 0. The van der Waals surface area contributed by atoms with Crippen molar-refractivity contribution in [1.82, 2.24) is 9.78 Å². The number of aliphatic carboxylic acids is 1. The van der Waals surface area contributed by atoms with Gasteiger partial charge in [0.05, 0.1) is 17.8 Å². The Labute approximate surface area is 179 Å². The van der Waals surface area contributed by atoms with E-state index < -0.39 is 5.97 Å². The molecule has 4 nitrogen and oxygen atoms in total. The number of halogens is 1. The van der Waals surface area contributed by atoms with Gasteiger partial charge in [0, 0.05) is 33.5 Å². The number of carbonyl (C=O) groups is 1. The number of benzene rings is 3. The van der Waals surface area contributed by atoms with Gasteiger partial charge in [0.1, 0.15) is 0 Å². The van der Waals surface area contributed by atoms with Crippen LogP contribution in [0.5, 0.6) is 0 Å². The van der Waals surface area contributed by atoms with Gasteiger partial charge in [0.2, 0.25) is 0 Å². The van der Waals surface area contributed by atoms with Gasteiger partial charge in [-0.25, -0.2) is 4.68 Å². The van der Waals surface area contributed by atoms with Gasteiger partial charge >= 0.3 is 5.97 Å². The van der Waals surface area contributed by atoms with E-state index in [2.05, 4.69) is 16.9 Å². The van der Waals surface area contributed by atoms with Gasteiger partial charge in [-0.2, -0.15) is 5.10 Å². The summed E-state index contributed by atoms with van der Waals surface area (Å²) >= 11 is 5.99. The molecule has 0 aliphatic heterocycles. The van der Waals surface area contributed by atoms with Crippen LogP contribution >= 0.6 is 11.6 Å². The number of rotatable bonds is 4. The lowest BCUT2D eigenvalue weighted by molar-refractivity contribution is -0.136. The van der Waals surface area contributed by atoms with Crippen molar-refractivity contribution in [3.8, 4) is 28.8 Å². The van der Waals surface area contributed by atoms with E-state index in [0.717, 1.165) is 22.4 Å². The van der Waals surface area contributed by atoms with Crippen LogP contribution in [0.4, 0.5) is 0 Å². The van der Waals surface area contributed by atoms with E-state index in [9.17, 15) is 9.90 Å². The van der Waals surface area contributed by atoms with Gasteiger partial charge < -0.3 is 5.11 Å². The Morgan fingerprint density at radius 3 is 2.37 bits per heavy atom. The molecular weight excluding hydrogens is 396 g/mol. The second kappa shape index (κ2) is 8.69. The van der Waals surface area contributed by atoms with Crippen LogP contribution in [0.1, 0.15) is 16.7 Å². The lowest BCUT2D eigenvalue weighted by Gasteiger charge is -2.01. The molecule has 0 fully saturated rings. The van der Waals surface area contributed by atoms with Crippen molar-refractivity contribution in [2.45, 2.75) is 6.42 Å². The molecular formula is C25H17ClN2O2. The first-order chi connectivity index (χ1) is 14.6. The molecule has 0 saturated carbocycles. The minimum Gasteiger partial charge on any atom is -0.481 e. The van der Waals surface area contributed by atoms with E-state index in [1.54, 1.807) is 10.9 Å². The molecule has 0 radical (unpaired) electrons. The van der Waals surface area contributed by atoms with Crippen molar-refractivity contribution in [2.75, 3.05) is 0 Å². The van der Waals surface area contributed by atoms with E-state index in [4.69, 9.17) is 11.6 Å². The molecule has 30 heavy (non-hydrogen) atoms. The first kappa shape index (κ1) is 19.5. The minimum atomic E-state index is -0.895. The highest BCUT2D eigenvalue weighted by Gasteiger charge is 2.15. The molecule has 1 N–H and O–H groups in total. The molecule has 0 atom stereocenters. The van der Waals surface area contributed by atoms with Crippen LogP contribution in [0.25, 0.3) is 16.9 Å². The molecule has 1 heterocycles. The zero-order valence-corrected chi connectivity index (χ0v) is 16.7. The first-order valence-corrected chi connectivity index (χ1v) is 9.70. The summed E-state index contributed by atoms with van der Waals surface area (Å²) < 4.78 is 1.71. The molecule has 4 rings (SSSR count). The van der Waals surface area contributed by atoms with Gasteiger partial charge in [-0.3, -0.25) is 4.79 Å². The van der Waals surface area contributed by atoms with E-state index >= 15 is 0 Å². The number of hydrogen-bond acceptors (Lipinski definition) is 2. The van der Waals surface area contributed by atoms with Crippen molar-refractivity contribution in [3.63, 3.8) is 0 Å². The molecule has 146 valence electrons. The molecule has 4 aromatic rings. The Morgan fingerprint density at radius 1 is 0.933 bits per heavy atom. The molecule has 3 aromatic carbocycles. The maximum Gasteiger partial charge on any atom is 0.307 e. The fourth-order valence-electron chi connectivity index (χ4n) is 3.08. The Kier molecular flexibility index (Phi) is 5.65. The smallest absolute Gasteiger partial charge is 0.307 e. The Hall–Kier alpha value is -3.81. The highest BCUT2D eigenvalue weighted by atomic mass is 35.5. The molecule has 0 amide bonds. The topological polar surface area (TPSA) is 55.1 Å². The lowest BCUT2D eigenvalue weighted by Crippen LogP contribution is -2.00. The molecule has 0 aliphatic carbocycles. The van der Waals surface area contributed by atoms with Crippen LogP contribution in [0.2, 0.25) is 5.02 Å². The zero-order valence-electron chi connectivity index (χ0n) is 15.9. The van der Waals surface area contributed by atoms with E-state index in [1.165, 1.54) is 0 Å². The highest BCUT2D eigenvalue weighted by Crippen LogP contribution is 2.25. The van der Waals surface area contributed by atoms with Gasteiger partial charge in [0.25, 0.3) is 0 Å². The maximum atomic E-state index is 11.3. The molecule has 0 spiro atoms. The van der Waals surface area contributed by atoms with Gasteiger partial charge in [-0.15, -0.1) is 0 Å². The lowest BCUT2D eigenvalue weighted by atomic mass is 10.0. The van der Waals surface area contributed by atoms with Crippen molar-refractivity contribution in [2.24, 2.45) is 0 Å². The Balaban J connectivity index is 1.65. The van der Waals surface area contributed by atoms with E-state index in [-0.39, 0.29) is 6.42 Å². The maximum absolute atomic E-state index is 11.3. The minimum absolute atomic E-state index is 0.0987. The Bertz CT molecular complexity index is 1250. The largest absolute Gasteiger partial charge is 0.481 e. The average Bonchev–Trinajstić information content (AvgIpc) is 3.16. The summed E-state index contributed by atoms with van der Waals surface area (Å²) in [4.78, 5) is 11.3. The Morgan fingerprint density at radius 2 is 1.67 bits per heavy atom. The van der Waals surface area contributed by atoms with Crippen molar-refractivity contribution < 1.29 is 9.90 Å². The van der Waals surface area contributed by atoms with Crippen LogP contribution < -0.4 is 0 Å². The van der Waals surface area contributed by atoms with E-state index in [0.29, 0.717) is 16.3 Å². The summed E-state index contributed by atoms with van der Waals surface area (Å²) in [6.07, 6.45) is 1.67. The molecule has 0 aliphatic rings. The van der Waals surface area contributed by atoms with Gasteiger partial charge in [-0.1, -0.05) is 59.8 Å². The monoisotopic (exact) mass is 412 g/mol. The molecule has 5 heteroatoms. The molecule has 0 bridgehead atoms. The fourth-order valence-corrected chi connectivity index (χ4v) is 3.27. The van der Waals surface area contributed by atoms with Crippen molar-refractivity contribution in [1.29, 1.82) is 0 Å². The molecule has 0 saturated heterocycles. The third kappa shape index (κ3) is 4.60. The van der Waals surface area contributed by atoms with E-state index in [1.807, 2.05) is 78.9 Å². The number of aromatic nitrogens is 2. The normalized spacial score (nSPS) is 10.3. The standard InChI is InChI=1S/C25H17ClN2O2/c26-22-6-4-5-19(15-22)10-9-18-11-13-20(14-12-18)25-21(16-24(29)30)17-28(27-25)23-7-2-1-3-8-23/h1-8,11-15,17H,16H2,(H,29,30). The number of para-hydroxylation sites is 1. The summed E-state index contributed by atoms with van der Waals surface area (Å²) in [5.74, 6) is 5.31. The van der Waals surface area contributed by atoms with Crippen LogP contribution in [0.3, 0.4) is 0 Å². The summed E-state index contributed by atoms with van der Waals surface area (Å²) in [5, 5.41) is 14.6. The van der Waals surface area contributed by atoms with Crippen LogP contribution in [-0.2, 0) is 11.2 Å². The number of nitrogens with zero attached hydrogens (tertiary/aromatic N) is 2. The number of carboxylic acids is 1.